The molecule has 5 rings (SSSR count). The zero-order chi connectivity index (χ0) is 36.6. The normalized spacial score (nSPS) is 17.6. The number of halogens is 1. The van der Waals surface area contributed by atoms with Crippen molar-refractivity contribution in [2.45, 2.75) is 73.3 Å². The number of amides is 2. The first-order valence-corrected chi connectivity index (χ1v) is 18.8. The average Bonchev–Trinajstić information content (AvgIpc) is 4.08. The number of para-hydroxylation sites is 1. The van der Waals surface area contributed by atoms with Crippen molar-refractivity contribution in [1.29, 1.82) is 0 Å². The van der Waals surface area contributed by atoms with Gasteiger partial charge in [-0.3, -0.25) is 4.98 Å². The number of nitrogens with zero attached hydrogens (tertiary/aromatic N) is 1. The van der Waals surface area contributed by atoms with E-state index in [2.05, 4.69) is 15.6 Å². The van der Waals surface area contributed by atoms with Crippen LogP contribution in [0.1, 0.15) is 36.8 Å². The lowest BCUT2D eigenvalue weighted by atomic mass is 9.96. The average molecular weight is 750 g/mol. The van der Waals surface area contributed by atoms with Gasteiger partial charge in [-0.15, -0.1) is 0 Å². The molecule has 2 aromatic carbocycles. The van der Waals surface area contributed by atoms with Crippen LogP contribution in [0.4, 0.5) is 4.79 Å². The van der Waals surface area contributed by atoms with E-state index < -0.39 is 59.0 Å². The highest BCUT2D eigenvalue weighted by molar-refractivity contribution is 7.91. The summed E-state index contributed by atoms with van der Waals surface area (Å²) in [5.41, 5.74) is 2.81. The minimum absolute atomic E-state index is 0.00910. The van der Waals surface area contributed by atoms with Gasteiger partial charge in [0.2, 0.25) is 0 Å². The van der Waals surface area contributed by atoms with E-state index in [-0.39, 0.29) is 43.1 Å². The fraction of sp³-hybridized carbons (Fsp3) is 0.486. The molecular formula is C35H44ClN3O11S. The highest BCUT2D eigenvalue weighted by Crippen LogP contribution is 2.53. The number of aromatic nitrogens is 1. The van der Waals surface area contributed by atoms with Gasteiger partial charge in [0.1, 0.15) is 24.1 Å². The molecule has 0 spiro atoms. The maximum absolute atomic E-state index is 13.1. The number of urea groups is 1. The maximum atomic E-state index is 13.1. The van der Waals surface area contributed by atoms with E-state index in [1.807, 2.05) is 36.5 Å². The second kappa shape index (κ2) is 17.4. The lowest BCUT2D eigenvalue weighted by Crippen LogP contribution is -2.50. The van der Waals surface area contributed by atoms with Gasteiger partial charge in [-0.25, -0.2) is 13.2 Å². The molecule has 0 saturated heterocycles. The monoisotopic (exact) mass is 749 g/mol. The number of hydrogen-bond acceptors (Lipinski definition) is 12. The van der Waals surface area contributed by atoms with Crippen LogP contribution >= 0.6 is 11.6 Å². The van der Waals surface area contributed by atoms with Crippen LogP contribution < -0.4 is 15.4 Å². The molecule has 278 valence electrons. The lowest BCUT2D eigenvalue weighted by Gasteiger charge is -2.25. The van der Waals surface area contributed by atoms with Crippen molar-refractivity contribution in [3.63, 3.8) is 0 Å². The molecule has 2 aliphatic rings. The topological polar surface area (TPSA) is 217 Å². The number of rotatable bonds is 20. The second-order valence-electron chi connectivity index (χ2n) is 12.6. The number of carbonyl (C=O) groups excluding carboxylic acids is 1. The molecule has 4 atom stereocenters. The van der Waals surface area contributed by atoms with Gasteiger partial charge in [0.25, 0.3) is 0 Å². The number of sulfone groups is 1. The highest BCUT2D eigenvalue weighted by atomic mass is 35.5. The summed E-state index contributed by atoms with van der Waals surface area (Å²) in [5, 5.41) is 52.6. The molecule has 2 fully saturated rings. The molecule has 2 saturated carbocycles. The van der Waals surface area contributed by atoms with E-state index in [1.165, 1.54) is 18.2 Å². The van der Waals surface area contributed by atoms with Gasteiger partial charge < -0.3 is 50.4 Å². The quantitative estimate of drug-likeness (QED) is 0.0822. The fourth-order valence-corrected chi connectivity index (χ4v) is 6.74. The highest BCUT2D eigenvalue weighted by Gasteiger charge is 2.48. The summed E-state index contributed by atoms with van der Waals surface area (Å²) in [6.45, 7) is -1.33. The van der Waals surface area contributed by atoms with Crippen molar-refractivity contribution in [2.75, 3.05) is 38.7 Å². The molecule has 1 aromatic heterocycles. The standard InChI is InChI=1S/C35H44ClN3O11S/c36-28-8-7-24(51(46,47)16-15-48-14-13-38-34(45)39-19-29(41)32(43)33(44)30(42)20-40)17-22(28)21-49-35(10-11-35)27-18-37-12-9-25(27)26-3-1-2-4-31(26)50-23-5-6-23/h1-4,7-9,12,17-18,23,29-30,32-33,40-44H,5-6,10-11,13-16,19-21H2,(H2,38,39,45)/t29-,30+,32+,33+/m0/s1. The van der Waals surface area contributed by atoms with E-state index in [9.17, 15) is 33.6 Å². The van der Waals surface area contributed by atoms with E-state index in [0.717, 1.165) is 48.1 Å². The third kappa shape index (κ3) is 10.4. The Hall–Kier alpha value is -3.38. The largest absolute Gasteiger partial charge is 0.490 e. The lowest BCUT2D eigenvalue weighted by molar-refractivity contribution is -0.113. The van der Waals surface area contributed by atoms with Crippen LogP contribution in [0.2, 0.25) is 5.02 Å². The van der Waals surface area contributed by atoms with Gasteiger partial charge >= 0.3 is 6.03 Å². The van der Waals surface area contributed by atoms with E-state index >= 15 is 0 Å². The third-order valence-electron chi connectivity index (χ3n) is 8.72. The van der Waals surface area contributed by atoms with Crippen LogP contribution in [-0.2, 0) is 31.5 Å². The predicted molar refractivity (Wildman–Crippen MR) is 186 cm³/mol. The number of hydrogen-bond donors (Lipinski definition) is 7. The Balaban J connectivity index is 1.10. The molecule has 2 aliphatic carbocycles. The summed E-state index contributed by atoms with van der Waals surface area (Å²) >= 11 is 6.49. The van der Waals surface area contributed by atoms with Gasteiger partial charge in [-0.05, 0) is 67.1 Å². The van der Waals surface area contributed by atoms with Gasteiger partial charge in [0.05, 0.1) is 54.9 Å². The Morgan fingerprint density at radius 2 is 1.73 bits per heavy atom. The SMILES string of the molecule is O=C(NCCOCCS(=O)(=O)c1ccc(Cl)c(COC2(c3cnccc3-c3ccccc3OC3CC3)CC2)c1)NC[C@H](O)[C@@H](O)[C@H](O)[C@H](O)CO. The van der Waals surface area contributed by atoms with Crippen molar-refractivity contribution >= 4 is 27.5 Å². The minimum atomic E-state index is -3.76. The minimum Gasteiger partial charge on any atom is -0.490 e. The fourth-order valence-electron chi connectivity index (χ4n) is 5.39. The molecule has 16 heteroatoms. The second-order valence-corrected chi connectivity index (χ2v) is 15.2. The molecule has 51 heavy (non-hydrogen) atoms. The number of benzene rings is 2. The first-order valence-electron chi connectivity index (χ1n) is 16.7. The van der Waals surface area contributed by atoms with E-state index in [1.54, 1.807) is 6.20 Å². The van der Waals surface area contributed by atoms with Crippen molar-refractivity contribution in [3.05, 3.63) is 77.1 Å². The zero-order valence-electron chi connectivity index (χ0n) is 27.9. The Labute approximate surface area is 301 Å². The third-order valence-corrected chi connectivity index (χ3v) is 10.8. The number of pyridine rings is 1. The molecule has 0 radical (unpaired) electrons. The van der Waals surface area contributed by atoms with Gasteiger partial charge in [0, 0.05) is 41.6 Å². The van der Waals surface area contributed by atoms with E-state index in [0.29, 0.717) is 10.6 Å². The number of aliphatic hydroxyl groups is 5. The Morgan fingerprint density at radius 3 is 2.45 bits per heavy atom. The smallest absolute Gasteiger partial charge is 0.314 e. The van der Waals surface area contributed by atoms with Crippen molar-refractivity contribution in [3.8, 4) is 16.9 Å². The Bertz CT molecular complexity index is 1740. The van der Waals surface area contributed by atoms with E-state index in [4.69, 9.17) is 30.9 Å². The molecule has 7 N–H and O–H groups in total. The molecule has 0 unspecified atom stereocenters. The molecule has 0 aliphatic heterocycles. The molecule has 2 amide bonds. The van der Waals surface area contributed by atoms with Crippen LogP contribution in [0.3, 0.4) is 0 Å². The predicted octanol–water partition coefficient (Wildman–Crippen LogP) is 1.67. The number of ether oxygens (including phenoxy) is 3. The van der Waals surface area contributed by atoms with Gasteiger partial charge in [-0.2, -0.15) is 0 Å². The summed E-state index contributed by atoms with van der Waals surface area (Å²) in [6.07, 6.45) is 0.541. The zero-order valence-corrected chi connectivity index (χ0v) is 29.4. The van der Waals surface area contributed by atoms with Crippen molar-refractivity contribution < 1.29 is 53.0 Å². The molecule has 14 nitrogen and oxygen atoms in total. The molecular weight excluding hydrogens is 706 g/mol. The number of carbonyl (C=O) groups is 1. The Kier molecular flexibility index (Phi) is 13.3. The van der Waals surface area contributed by atoms with Crippen molar-refractivity contribution in [1.82, 2.24) is 15.6 Å². The summed E-state index contributed by atoms with van der Waals surface area (Å²) < 4.78 is 44.4. The number of nitrogens with one attached hydrogen (secondary N) is 2. The summed E-state index contributed by atoms with van der Waals surface area (Å²) in [7, 11) is -3.76. The van der Waals surface area contributed by atoms with Crippen LogP contribution in [0.5, 0.6) is 5.75 Å². The summed E-state index contributed by atoms with van der Waals surface area (Å²) in [4.78, 5) is 16.4. The van der Waals surface area contributed by atoms with Gasteiger partial charge in [-0.1, -0.05) is 29.8 Å². The molecule has 1 heterocycles. The van der Waals surface area contributed by atoms with Crippen LogP contribution in [-0.4, -0.2) is 114 Å². The van der Waals surface area contributed by atoms with Crippen molar-refractivity contribution in [2.24, 2.45) is 0 Å². The summed E-state index contributed by atoms with van der Waals surface area (Å²) in [5.74, 6) is 0.498. The molecule has 0 bridgehead atoms. The van der Waals surface area contributed by atoms with Crippen LogP contribution in [0.15, 0.2) is 65.8 Å². The van der Waals surface area contributed by atoms with Crippen LogP contribution in [0, 0.1) is 0 Å². The first kappa shape index (κ1) is 38.8. The summed E-state index contributed by atoms with van der Waals surface area (Å²) in [6, 6.07) is 13.6. The first-order chi connectivity index (χ1) is 24.4. The van der Waals surface area contributed by atoms with Gasteiger partial charge in [0.15, 0.2) is 9.84 Å². The molecule has 3 aromatic rings. The van der Waals surface area contributed by atoms with Crippen LogP contribution in [0.25, 0.3) is 11.1 Å². The Morgan fingerprint density at radius 1 is 0.980 bits per heavy atom. The number of aliphatic hydroxyl groups excluding tert-OH is 5. The maximum Gasteiger partial charge on any atom is 0.314 e.